The van der Waals surface area contributed by atoms with E-state index in [2.05, 4.69) is 25.5 Å². The van der Waals surface area contributed by atoms with Crippen molar-refractivity contribution in [1.82, 2.24) is 15.3 Å². The summed E-state index contributed by atoms with van der Waals surface area (Å²) < 4.78 is 31.7. The van der Waals surface area contributed by atoms with Crippen LogP contribution >= 0.6 is 0 Å². The van der Waals surface area contributed by atoms with Crippen molar-refractivity contribution in [3.05, 3.63) is 36.2 Å². The Morgan fingerprint density at radius 1 is 1.34 bits per heavy atom. The Morgan fingerprint density at radius 2 is 2.14 bits per heavy atom. The number of aliphatic hydroxyl groups is 2. The van der Waals surface area contributed by atoms with Crippen LogP contribution in [0.1, 0.15) is 23.8 Å². The molecule has 0 spiro atoms. The first-order chi connectivity index (χ1) is 16.6. The maximum absolute atomic E-state index is 13.3. The zero-order chi connectivity index (χ0) is 25.2. The number of nitrogens with one attached hydrogen (secondary N) is 2. The zero-order valence-corrected chi connectivity index (χ0v) is 18.9. The Morgan fingerprint density at radius 3 is 2.89 bits per heavy atom. The van der Waals surface area contributed by atoms with Gasteiger partial charge in [-0.1, -0.05) is 0 Å². The largest absolute Gasteiger partial charge is 0.491 e. The molecular formula is C22H26F2N6O5. The maximum atomic E-state index is 13.3. The number of pyridine rings is 2. The van der Waals surface area contributed by atoms with Crippen LogP contribution in [0, 0.1) is 0 Å². The van der Waals surface area contributed by atoms with E-state index >= 15 is 0 Å². The number of amides is 3. The number of hydrogen-bond acceptors (Lipinski definition) is 8. The Hall–Kier alpha value is -3.58. The van der Waals surface area contributed by atoms with E-state index in [1.807, 2.05) is 0 Å². The number of aromatic nitrogens is 2. The topological polar surface area (TPSA) is 140 Å². The van der Waals surface area contributed by atoms with E-state index in [1.165, 1.54) is 29.3 Å². The fourth-order valence-electron chi connectivity index (χ4n) is 3.91. The van der Waals surface area contributed by atoms with Gasteiger partial charge in [-0.05, 0) is 24.6 Å². The Balaban J connectivity index is 1.53. The van der Waals surface area contributed by atoms with Crippen LogP contribution in [0.3, 0.4) is 0 Å². The summed E-state index contributed by atoms with van der Waals surface area (Å²) in [5, 5.41) is 23.2. The van der Waals surface area contributed by atoms with Gasteiger partial charge in [0.15, 0.2) is 5.82 Å². The van der Waals surface area contributed by atoms with Gasteiger partial charge in [0.1, 0.15) is 30.0 Å². The van der Waals surface area contributed by atoms with Crippen LogP contribution in [-0.2, 0) is 0 Å². The molecule has 11 nitrogen and oxygen atoms in total. The van der Waals surface area contributed by atoms with Gasteiger partial charge < -0.3 is 25.2 Å². The van der Waals surface area contributed by atoms with E-state index < -0.39 is 37.1 Å². The van der Waals surface area contributed by atoms with Crippen LogP contribution < -0.4 is 25.2 Å². The van der Waals surface area contributed by atoms with E-state index in [1.54, 1.807) is 6.07 Å². The lowest BCUT2D eigenvalue weighted by Gasteiger charge is -2.35. The Bertz CT molecular complexity index is 1100. The van der Waals surface area contributed by atoms with Gasteiger partial charge in [-0.3, -0.25) is 15.0 Å². The molecule has 2 atom stereocenters. The molecule has 0 aromatic carbocycles. The van der Waals surface area contributed by atoms with Gasteiger partial charge in [-0.2, -0.15) is 0 Å². The summed E-state index contributed by atoms with van der Waals surface area (Å²) in [6.45, 7) is 0.576. The molecule has 2 unspecified atom stereocenters. The summed E-state index contributed by atoms with van der Waals surface area (Å²) in [4.78, 5) is 37.6. The molecule has 1 fully saturated rings. The van der Waals surface area contributed by atoms with E-state index in [4.69, 9.17) is 9.84 Å². The third-order valence-electron chi connectivity index (χ3n) is 5.58. The molecule has 2 aliphatic heterocycles. The average molecular weight is 492 g/mol. The fourth-order valence-corrected chi connectivity index (χ4v) is 3.91. The lowest BCUT2D eigenvalue weighted by Crippen LogP contribution is -2.48. The number of anilines is 3. The summed E-state index contributed by atoms with van der Waals surface area (Å²) in [6, 6.07) is 5.38. The minimum Gasteiger partial charge on any atom is -0.491 e. The number of fused-ring (bicyclic) bond motifs is 4. The number of nitrogens with zero attached hydrogens (tertiary/aromatic N) is 4. The number of carbonyl (C=O) groups is 2. The van der Waals surface area contributed by atoms with Crippen molar-refractivity contribution in [2.75, 3.05) is 48.0 Å². The van der Waals surface area contributed by atoms with E-state index in [-0.39, 0.29) is 30.0 Å². The molecule has 2 aromatic rings. The molecule has 2 aromatic heterocycles. The number of halogens is 2. The van der Waals surface area contributed by atoms with Gasteiger partial charge >= 0.3 is 6.03 Å². The second-order valence-corrected chi connectivity index (χ2v) is 8.50. The molecular weight excluding hydrogens is 466 g/mol. The molecule has 2 bridgehead atoms. The molecule has 0 radical (unpaired) electrons. The van der Waals surface area contributed by atoms with Gasteiger partial charge in [0, 0.05) is 32.3 Å². The van der Waals surface area contributed by atoms with Crippen LogP contribution in [0.5, 0.6) is 5.75 Å². The number of urea groups is 1. The van der Waals surface area contributed by atoms with E-state index in [0.29, 0.717) is 37.9 Å². The number of hydrogen-bond donors (Lipinski definition) is 4. The summed E-state index contributed by atoms with van der Waals surface area (Å²) in [5.41, 5.74) is 0.582. The molecule has 4 N–H and O–H groups in total. The minimum atomic E-state index is -3.07. The second-order valence-electron chi connectivity index (χ2n) is 8.50. The third-order valence-corrected chi connectivity index (χ3v) is 5.58. The predicted molar refractivity (Wildman–Crippen MR) is 122 cm³/mol. The van der Waals surface area contributed by atoms with Crippen molar-refractivity contribution in [3.63, 3.8) is 0 Å². The first kappa shape index (κ1) is 24.5. The lowest BCUT2D eigenvalue weighted by molar-refractivity contribution is 0.0220. The summed E-state index contributed by atoms with van der Waals surface area (Å²) in [6.07, 6.45) is 1.06. The molecule has 0 aliphatic carbocycles. The number of alkyl halides is 2. The quantitative estimate of drug-likeness (QED) is 0.431. The molecule has 35 heavy (non-hydrogen) atoms. The third kappa shape index (κ3) is 5.74. The van der Waals surface area contributed by atoms with Crippen LogP contribution in [0.15, 0.2) is 30.5 Å². The van der Waals surface area contributed by atoms with Gasteiger partial charge in [-0.15, -0.1) is 0 Å². The number of aliphatic hydroxyl groups excluding tert-OH is 2. The molecule has 4 heterocycles. The van der Waals surface area contributed by atoms with Crippen LogP contribution in [0.25, 0.3) is 0 Å². The first-order valence-corrected chi connectivity index (χ1v) is 11.0. The van der Waals surface area contributed by atoms with Gasteiger partial charge in [0.05, 0.1) is 24.9 Å². The number of carbonyl (C=O) groups excluding carboxylic acids is 2. The van der Waals surface area contributed by atoms with Crippen molar-refractivity contribution in [2.45, 2.75) is 31.4 Å². The van der Waals surface area contributed by atoms with E-state index in [0.717, 1.165) is 0 Å². The normalized spacial score (nSPS) is 17.6. The fraction of sp³-hybridized carbons (Fsp3) is 0.455. The SMILES string of the molecule is CC(F)(F)CNC(=O)c1ccc2c(n1)N(C(=O)Nc1cc(OCC(O)CO)ccn1)C1CCN2C1. The predicted octanol–water partition coefficient (Wildman–Crippen LogP) is 1.22. The van der Waals surface area contributed by atoms with Crippen molar-refractivity contribution < 1.29 is 33.3 Å². The zero-order valence-electron chi connectivity index (χ0n) is 18.9. The number of ether oxygens (including phenoxy) is 1. The molecule has 188 valence electrons. The second kappa shape index (κ2) is 9.96. The maximum Gasteiger partial charge on any atom is 0.329 e. The van der Waals surface area contributed by atoms with Crippen molar-refractivity contribution in [2.24, 2.45) is 0 Å². The van der Waals surface area contributed by atoms with Crippen LogP contribution in [-0.4, -0.2) is 83.0 Å². The molecule has 4 rings (SSSR count). The van der Waals surface area contributed by atoms with Crippen molar-refractivity contribution >= 4 is 29.3 Å². The molecule has 13 heteroatoms. The van der Waals surface area contributed by atoms with Gasteiger partial charge in [0.25, 0.3) is 11.8 Å². The number of rotatable bonds is 8. The lowest BCUT2D eigenvalue weighted by atomic mass is 10.1. The van der Waals surface area contributed by atoms with Gasteiger partial charge in [0.2, 0.25) is 0 Å². The Labute approximate surface area is 199 Å². The van der Waals surface area contributed by atoms with Gasteiger partial charge in [-0.25, -0.2) is 23.5 Å². The molecule has 1 saturated heterocycles. The molecule has 2 aliphatic rings. The van der Waals surface area contributed by atoms with Crippen molar-refractivity contribution in [1.29, 1.82) is 0 Å². The highest BCUT2D eigenvalue weighted by Gasteiger charge is 2.40. The summed E-state index contributed by atoms with van der Waals surface area (Å²) >= 11 is 0. The summed E-state index contributed by atoms with van der Waals surface area (Å²) in [7, 11) is 0. The van der Waals surface area contributed by atoms with Crippen molar-refractivity contribution in [3.8, 4) is 5.75 Å². The standard InChI is InChI=1S/C22H26F2N6O5/c1-22(23,24)12-26-20(33)16-2-3-17-19(27-16)30(13-5-7-29(17)9-13)21(34)28-18-8-15(4-6-25-18)35-11-14(32)10-31/h2-4,6,8,13-14,31-32H,5,7,9-12H2,1H3,(H,26,33)(H,25,28,34). The summed E-state index contributed by atoms with van der Waals surface area (Å²) in [5.74, 6) is -3.06. The van der Waals surface area contributed by atoms with Crippen LogP contribution in [0.4, 0.5) is 30.9 Å². The van der Waals surface area contributed by atoms with E-state index in [9.17, 15) is 23.5 Å². The minimum absolute atomic E-state index is 0.0794. The highest BCUT2D eigenvalue weighted by atomic mass is 19.3. The first-order valence-electron chi connectivity index (χ1n) is 11.0. The monoisotopic (exact) mass is 492 g/mol. The molecule has 3 amide bonds. The van der Waals surface area contributed by atoms with Crippen LogP contribution in [0.2, 0.25) is 0 Å². The average Bonchev–Trinajstić information content (AvgIpc) is 3.24. The highest BCUT2D eigenvalue weighted by Crippen LogP contribution is 2.39. The smallest absolute Gasteiger partial charge is 0.329 e. The molecule has 0 saturated carbocycles. The highest BCUT2D eigenvalue weighted by molar-refractivity contribution is 6.05. The Kier molecular flexibility index (Phi) is 6.98.